The quantitative estimate of drug-likeness (QED) is 0.932. The predicted molar refractivity (Wildman–Crippen MR) is 76.2 cm³/mol. The first-order valence-corrected chi connectivity index (χ1v) is 6.80. The molecule has 108 valence electrons. The Kier molecular flexibility index (Phi) is 3.48. The van der Waals surface area contributed by atoms with Gasteiger partial charge in [-0.15, -0.1) is 0 Å². The zero-order valence-corrected chi connectivity index (χ0v) is 11.7. The SMILES string of the molecule is CN1C(=O)Cc2ccccc2[C@@H]1C(=O)NCc1ccco1. The summed E-state index contributed by atoms with van der Waals surface area (Å²) in [4.78, 5) is 26.0. The number of carbonyl (C=O) groups is 2. The highest BCUT2D eigenvalue weighted by atomic mass is 16.3. The van der Waals surface area contributed by atoms with Crippen LogP contribution in [0, 0.1) is 0 Å². The highest BCUT2D eigenvalue weighted by molar-refractivity contribution is 5.92. The van der Waals surface area contributed by atoms with Crippen LogP contribution in [0.25, 0.3) is 0 Å². The van der Waals surface area contributed by atoms with E-state index in [0.29, 0.717) is 18.7 Å². The van der Waals surface area contributed by atoms with Crippen molar-refractivity contribution in [3.63, 3.8) is 0 Å². The van der Waals surface area contributed by atoms with Crippen LogP contribution in [0.2, 0.25) is 0 Å². The molecule has 1 aromatic heterocycles. The largest absolute Gasteiger partial charge is 0.467 e. The molecule has 0 saturated heterocycles. The van der Waals surface area contributed by atoms with Crippen molar-refractivity contribution in [2.24, 2.45) is 0 Å². The smallest absolute Gasteiger partial charge is 0.247 e. The van der Waals surface area contributed by atoms with Gasteiger partial charge in [-0.25, -0.2) is 0 Å². The maximum Gasteiger partial charge on any atom is 0.247 e. The summed E-state index contributed by atoms with van der Waals surface area (Å²) in [5.41, 5.74) is 1.80. The number of hydrogen-bond donors (Lipinski definition) is 1. The Morgan fingerprint density at radius 1 is 1.33 bits per heavy atom. The number of amides is 2. The topological polar surface area (TPSA) is 62.6 Å². The second-order valence-corrected chi connectivity index (χ2v) is 5.08. The molecule has 2 aromatic rings. The molecule has 1 aliphatic heterocycles. The Balaban J connectivity index is 1.82. The predicted octanol–water partition coefficient (Wildman–Crippen LogP) is 1.65. The second kappa shape index (κ2) is 5.44. The van der Waals surface area contributed by atoms with E-state index in [1.165, 1.54) is 4.90 Å². The van der Waals surface area contributed by atoms with Crippen molar-refractivity contribution in [3.8, 4) is 0 Å². The molecule has 0 fully saturated rings. The van der Waals surface area contributed by atoms with Crippen molar-refractivity contribution in [2.75, 3.05) is 7.05 Å². The monoisotopic (exact) mass is 284 g/mol. The molecule has 1 N–H and O–H groups in total. The van der Waals surface area contributed by atoms with Crippen LogP contribution >= 0.6 is 0 Å². The molecule has 2 amide bonds. The van der Waals surface area contributed by atoms with E-state index in [0.717, 1.165) is 11.1 Å². The summed E-state index contributed by atoms with van der Waals surface area (Å²) in [5.74, 6) is 0.433. The third-order valence-corrected chi connectivity index (χ3v) is 3.74. The van der Waals surface area contributed by atoms with Crippen molar-refractivity contribution in [1.82, 2.24) is 10.2 Å². The number of nitrogens with one attached hydrogen (secondary N) is 1. The molecule has 5 heteroatoms. The van der Waals surface area contributed by atoms with Gasteiger partial charge in [-0.2, -0.15) is 0 Å². The summed E-state index contributed by atoms with van der Waals surface area (Å²) in [6, 6.07) is 10.5. The number of furan rings is 1. The van der Waals surface area contributed by atoms with Gasteiger partial charge < -0.3 is 14.6 Å². The third-order valence-electron chi connectivity index (χ3n) is 3.74. The van der Waals surface area contributed by atoms with Gasteiger partial charge >= 0.3 is 0 Å². The van der Waals surface area contributed by atoms with Crippen LogP contribution < -0.4 is 5.32 Å². The number of likely N-dealkylation sites (N-methyl/N-ethyl adjacent to an activating group) is 1. The van der Waals surface area contributed by atoms with E-state index in [9.17, 15) is 9.59 Å². The fourth-order valence-corrected chi connectivity index (χ4v) is 2.60. The van der Waals surface area contributed by atoms with Gasteiger partial charge in [-0.05, 0) is 23.3 Å². The summed E-state index contributed by atoms with van der Waals surface area (Å²) in [5, 5.41) is 2.82. The molecule has 2 heterocycles. The van der Waals surface area contributed by atoms with Gasteiger partial charge in [0, 0.05) is 7.05 Å². The van der Waals surface area contributed by atoms with Crippen LogP contribution in [0.3, 0.4) is 0 Å². The average Bonchev–Trinajstić information content (AvgIpc) is 2.99. The van der Waals surface area contributed by atoms with E-state index in [1.54, 1.807) is 25.4 Å². The molecule has 1 atom stereocenters. The molecular weight excluding hydrogens is 268 g/mol. The summed E-state index contributed by atoms with van der Waals surface area (Å²) in [6.07, 6.45) is 1.90. The van der Waals surface area contributed by atoms with Crippen LogP contribution in [-0.2, 0) is 22.6 Å². The highest BCUT2D eigenvalue weighted by Crippen LogP contribution is 2.29. The van der Waals surface area contributed by atoms with Crippen LogP contribution in [0.5, 0.6) is 0 Å². The van der Waals surface area contributed by atoms with Gasteiger partial charge in [0.25, 0.3) is 0 Å². The molecule has 1 aliphatic rings. The first kappa shape index (κ1) is 13.4. The maximum atomic E-state index is 12.5. The lowest BCUT2D eigenvalue weighted by Gasteiger charge is -2.33. The summed E-state index contributed by atoms with van der Waals surface area (Å²) < 4.78 is 5.19. The molecule has 0 radical (unpaired) electrons. The summed E-state index contributed by atoms with van der Waals surface area (Å²) in [7, 11) is 1.66. The number of carbonyl (C=O) groups excluding carboxylic acids is 2. The number of nitrogens with zero attached hydrogens (tertiary/aromatic N) is 1. The van der Waals surface area contributed by atoms with Crippen molar-refractivity contribution in [2.45, 2.75) is 19.0 Å². The molecule has 0 saturated carbocycles. The van der Waals surface area contributed by atoms with Crippen molar-refractivity contribution in [3.05, 3.63) is 59.5 Å². The van der Waals surface area contributed by atoms with Crippen LogP contribution in [-0.4, -0.2) is 23.8 Å². The molecular formula is C16H16N2O3. The van der Waals surface area contributed by atoms with Gasteiger partial charge in [0.15, 0.2) is 0 Å². The minimum Gasteiger partial charge on any atom is -0.467 e. The van der Waals surface area contributed by atoms with Crippen LogP contribution in [0.1, 0.15) is 22.9 Å². The minimum atomic E-state index is -0.586. The van der Waals surface area contributed by atoms with E-state index in [-0.39, 0.29) is 11.8 Å². The van der Waals surface area contributed by atoms with Crippen LogP contribution in [0.4, 0.5) is 0 Å². The molecule has 3 rings (SSSR count). The zero-order chi connectivity index (χ0) is 14.8. The van der Waals surface area contributed by atoms with Gasteiger partial charge in [0.1, 0.15) is 11.8 Å². The number of fused-ring (bicyclic) bond motifs is 1. The van der Waals surface area contributed by atoms with E-state index in [2.05, 4.69) is 5.32 Å². The lowest BCUT2D eigenvalue weighted by atomic mass is 9.92. The Labute approximate surface area is 122 Å². The Bertz CT molecular complexity index is 664. The molecule has 1 aromatic carbocycles. The third kappa shape index (κ3) is 2.54. The lowest BCUT2D eigenvalue weighted by Crippen LogP contribution is -2.45. The van der Waals surface area contributed by atoms with E-state index < -0.39 is 6.04 Å². The first-order valence-electron chi connectivity index (χ1n) is 6.80. The van der Waals surface area contributed by atoms with Crippen LogP contribution in [0.15, 0.2) is 47.1 Å². The van der Waals surface area contributed by atoms with Gasteiger partial charge in [0.05, 0.1) is 19.2 Å². The normalized spacial score (nSPS) is 17.5. The molecule has 5 nitrogen and oxygen atoms in total. The van der Waals surface area contributed by atoms with Crippen molar-refractivity contribution in [1.29, 1.82) is 0 Å². The summed E-state index contributed by atoms with van der Waals surface area (Å²) in [6.45, 7) is 0.312. The second-order valence-electron chi connectivity index (χ2n) is 5.08. The minimum absolute atomic E-state index is 0.0492. The molecule has 0 unspecified atom stereocenters. The molecule has 0 aliphatic carbocycles. The molecule has 0 bridgehead atoms. The molecule has 21 heavy (non-hydrogen) atoms. The van der Waals surface area contributed by atoms with Crippen molar-refractivity contribution >= 4 is 11.8 Å². The number of rotatable bonds is 3. The summed E-state index contributed by atoms with van der Waals surface area (Å²) >= 11 is 0. The zero-order valence-electron chi connectivity index (χ0n) is 11.7. The Morgan fingerprint density at radius 2 is 2.14 bits per heavy atom. The number of benzene rings is 1. The lowest BCUT2D eigenvalue weighted by molar-refractivity contribution is -0.140. The standard InChI is InChI=1S/C16H16N2O3/c1-18-14(19)9-11-5-2-3-7-13(11)15(18)16(20)17-10-12-6-4-8-21-12/h2-8,15H,9-10H2,1H3,(H,17,20)/t15-/m1/s1. The molecule has 0 spiro atoms. The van der Waals surface area contributed by atoms with E-state index in [1.807, 2.05) is 24.3 Å². The van der Waals surface area contributed by atoms with Gasteiger partial charge in [-0.3, -0.25) is 9.59 Å². The van der Waals surface area contributed by atoms with E-state index >= 15 is 0 Å². The van der Waals surface area contributed by atoms with Crippen molar-refractivity contribution < 1.29 is 14.0 Å². The number of hydrogen-bond acceptors (Lipinski definition) is 3. The highest BCUT2D eigenvalue weighted by Gasteiger charge is 2.34. The average molecular weight is 284 g/mol. The fraction of sp³-hybridized carbons (Fsp3) is 0.250. The Hall–Kier alpha value is -2.56. The first-order chi connectivity index (χ1) is 10.2. The maximum absolute atomic E-state index is 12.5. The van der Waals surface area contributed by atoms with Gasteiger partial charge in [-0.1, -0.05) is 24.3 Å². The Morgan fingerprint density at radius 3 is 2.90 bits per heavy atom. The van der Waals surface area contributed by atoms with E-state index in [4.69, 9.17) is 4.42 Å². The van der Waals surface area contributed by atoms with Gasteiger partial charge in [0.2, 0.25) is 11.8 Å². The fourth-order valence-electron chi connectivity index (χ4n) is 2.60.